The van der Waals surface area contributed by atoms with Crippen LogP contribution in [0.15, 0.2) is 45.3 Å². The zero-order valence-electron chi connectivity index (χ0n) is 16.7. The summed E-state index contributed by atoms with van der Waals surface area (Å²) < 4.78 is 3.61. The van der Waals surface area contributed by atoms with Gasteiger partial charge in [-0.1, -0.05) is 17.7 Å². The van der Waals surface area contributed by atoms with Crippen molar-refractivity contribution >= 4 is 60.5 Å². The van der Waals surface area contributed by atoms with Gasteiger partial charge >= 0.3 is 5.97 Å². The molecule has 3 N–H and O–H groups in total. The second-order valence-electron chi connectivity index (χ2n) is 7.58. The molecule has 0 saturated carbocycles. The number of carboxylic acid groups (broad SMARTS) is 1. The number of aliphatic carboxylic acids is 1. The molecule has 0 aliphatic carbocycles. The third-order valence-electron chi connectivity index (χ3n) is 4.94. The summed E-state index contributed by atoms with van der Waals surface area (Å²) in [4.78, 5) is 19.1. The highest BCUT2D eigenvalue weighted by atomic mass is 79.9. The Hall–Kier alpha value is -1.45. The average Bonchev–Trinajstić information content (AvgIpc) is 3.02. The van der Waals surface area contributed by atoms with Crippen LogP contribution in [0.25, 0.3) is 11.0 Å². The van der Waals surface area contributed by atoms with Gasteiger partial charge in [-0.2, -0.15) is 0 Å². The first-order valence-electron chi connectivity index (χ1n) is 9.39. The Labute approximate surface area is 197 Å². The summed E-state index contributed by atoms with van der Waals surface area (Å²) in [5.74, 6) is -0.804. The van der Waals surface area contributed by atoms with Gasteiger partial charge in [0.2, 0.25) is 0 Å². The van der Waals surface area contributed by atoms with Gasteiger partial charge in [-0.05, 0) is 94.8 Å². The number of aromatic nitrogens is 2. The van der Waals surface area contributed by atoms with Crippen LogP contribution in [-0.4, -0.2) is 46.2 Å². The summed E-state index contributed by atoms with van der Waals surface area (Å²) in [6, 6.07) is 10.9. The molecular formula is C21H23Br2ClN4O2. The Bertz CT molecular complexity index is 1090. The number of imidazole rings is 1. The fourth-order valence-electron chi connectivity index (χ4n) is 3.43. The van der Waals surface area contributed by atoms with Gasteiger partial charge in [0.05, 0.1) is 11.0 Å². The molecule has 1 atom stereocenters. The van der Waals surface area contributed by atoms with Crippen LogP contribution >= 0.6 is 43.5 Å². The molecule has 3 rings (SSSR count). The third-order valence-corrected chi connectivity index (χ3v) is 7.06. The monoisotopic (exact) mass is 556 g/mol. The van der Waals surface area contributed by atoms with Crippen LogP contribution in [0.3, 0.4) is 0 Å². The van der Waals surface area contributed by atoms with Crippen molar-refractivity contribution in [2.45, 2.75) is 24.9 Å². The van der Waals surface area contributed by atoms with E-state index in [1.807, 2.05) is 42.9 Å². The van der Waals surface area contributed by atoms with E-state index >= 15 is 0 Å². The van der Waals surface area contributed by atoms with E-state index in [9.17, 15) is 9.90 Å². The number of nitrogens with zero attached hydrogens (tertiary/aromatic N) is 3. The lowest BCUT2D eigenvalue weighted by Crippen LogP contribution is -2.49. The highest BCUT2D eigenvalue weighted by Gasteiger charge is 2.41. The number of fused-ring (bicyclic) bond motifs is 1. The normalized spacial score (nSPS) is 13.7. The van der Waals surface area contributed by atoms with Crippen LogP contribution in [0.5, 0.6) is 0 Å². The zero-order chi connectivity index (χ0) is 22.1. The first-order valence-corrected chi connectivity index (χ1v) is 11.4. The molecule has 2 aromatic carbocycles. The minimum Gasteiger partial charge on any atom is -0.480 e. The largest absolute Gasteiger partial charge is 0.480 e. The van der Waals surface area contributed by atoms with Gasteiger partial charge in [-0.15, -0.1) is 0 Å². The molecular weight excluding hydrogens is 536 g/mol. The number of aryl methyl sites for hydroxylation is 1. The van der Waals surface area contributed by atoms with Crippen molar-refractivity contribution in [1.82, 2.24) is 14.5 Å². The first kappa shape index (κ1) is 23.2. The van der Waals surface area contributed by atoms with Crippen molar-refractivity contribution in [3.8, 4) is 0 Å². The average molecular weight is 559 g/mol. The standard InChI is InChI=1S/C21H23Br2ClN4O2/c1-27(2)8-3-9-28-18-11-14(24)5-7-17(18)26-19(28)21(25,20(29)30)12-13-4-6-15(22)16(23)10-13/h4-7,10-11H,3,8-9,12,25H2,1-2H3,(H,29,30). The Balaban J connectivity index is 2.11. The smallest absolute Gasteiger partial charge is 0.331 e. The molecule has 0 saturated heterocycles. The summed E-state index contributed by atoms with van der Waals surface area (Å²) in [6.45, 7) is 1.44. The Morgan fingerprint density at radius 3 is 2.60 bits per heavy atom. The van der Waals surface area contributed by atoms with Crippen molar-refractivity contribution in [2.75, 3.05) is 20.6 Å². The maximum Gasteiger partial charge on any atom is 0.331 e. The summed E-state index contributed by atoms with van der Waals surface area (Å²) in [5, 5.41) is 10.7. The van der Waals surface area contributed by atoms with Crippen LogP contribution in [0.4, 0.5) is 0 Å². The lowest BCUT2D eigenvalue weighted by molar-refractivity contribution is -0.144. The minimum absolute atomic E-state index is 0.0962. The third kappa shape index (κ3) is 4.89. The maximum absolute atomic E-state index is 12.4. The molecule has 3 aromatic rings. The van der Waals surface area contributed by atoms with Gasteiger partial charge in [0, 0.05) is 26.9 Å². The quantitative estimate of drug-likeness (QED) is 0.421. The van der Waals surface area contributed by atoms with Gasteiger partial charge in [-0.3, -0.25) is 0 Å². The van der Waals surface area contributed by atoms with E-state index in [1.54, 1.807) is 12.1 Å². The maximum atomic E-state index is 12.4. The number of halogens is 3. The molecule has 0 spiro atoms. The van der Waals surface area contributed by atoms with Crippen molar-refractivity contribution < 1.29 is 9.90 Å². The molecule has 0 radical (unpaired) electrons. The molecule has 160 valence electrons. The van der Waals surface area contributed by atoms with E-state index < -0.39 is 11.5 Å². The highest BCUT2D eigenvalue weighted by molar-refractivity contribution is 9.13. The van der Waals surface area contributed by atoms with E-state index in [4.69, 9.17) is 17.3 Å². The van der Waals surface area contributed by atoms with Crippen LogP contribution in [0.2, 0.25) is 5.02 Å². The van der Waals surface area contributed by atoms with E-state index in [0.29, 0.717) is 22.9 Å². The number of hydrogen-bond donors (Lipinski definition) is 2. The Kier molecular flexibility index (Phi) is 7.24. The number of carbonyl (C=O) groups is 1. The number of carboxylic acids is 1. The summed E-state index contributed by atoms with van der Waals surface area (Å²) in [5.41, 5.74) is 7.11. The molecule has 0 aliphatic heterocycles. The van der Waals surface area contributed by atoms with Crippen LogP contribution in [-0.2, 0) is 23.3 Å². The second kappa shape index (κ2) is 9.36. The Morgan fingerprint density at radius 2 is 1.97 bits per heavy atom. The van der Waals surface area contributed by atoms with E-state index in [2.05, 4.69) is 41.7 Å². The molecule has 0 fully saturated rings. The number of nitrogens with two attached hydrogens (primary N) is 1. The van der Waals surface area contributed by atoms with Gasteiger partial charge < -0.3 is 20.3 Å². The van der Waals surface area contributed by atoms with Crippen molar-refractivity contribution in [3.63, 3.8) is 0 Å². The summed E-state index contributed by atoms with van der Waals surface area (Å²) in [7, 11) is 4.00. The van der Waals surface area contributed by atoms with Gasteiger partial charge in [0.25, 0.3) is 0 Å². The van der Waals surface area contributed by atoms with E-state index in [-0.39, 0.29) is 6.42 Å². The highest BCUT2D eigenvalue weighted by Crippen LogP contribution is 2.31. The predicted molar refractivity (Wildman–Crippen MR) is 127 cm³/mol. The lowest BCUT2D eigenvalue weighted by Gasteiger charge is -2.26. The Morgan fingerprint density at radius 1 is 1.23 bits per heavy atom. The minimum atomic E-state index is -1.70. The van der Waals surface area contributed by atoms with Crippen LogP contribution in [0.1, 0.15) is 17.8 Å². The molecule has 1 aromatic heterocycles. The topological polar surface area (TPSA) is 84.4 Å². The van der Waals surface area contributed by atoms with Crippen LogP contribution in [0, 0.1) is 0 Å². The van der Waals surface area contributed by atoms with E-state index in [1.165, 1.54) is 0 Å². The van der Waals surface area contributed by atoms with Gasteiger partial charge in [0.15, 0.2) is 5.54 Å². The fraction of sp³-hybridized carbons (Fsp3) is 0.333. The molecule has 0 bridgehead atoms. The molecule has 1 heterocycles. The first-order chi connectivity index (χ1) is 14.1. The molecule has 0 amide bonds. The SMILES string of the molecule is CN(C)CCCn1c(C(N)(Cc2ccc(Br)c(Br)c2)C(=O)O)nc2ccc(Cl)cc21. The molecule has 9 heteroatoms. The molecule has 6 nitrogen and oxygen atoms in total. The number of hydrogen-bond acceptors (Lipinski definition) is 4. The summed E-state index contributed by atoms with van der Waals surface area (Å²) in [6.07, 6.45) is 0.913. The molecule has 1 unspecified atom stereocenters. The van der Waals surface area contributed by atoms with Gasteiger partial charge in [0.1, 0.15) is 5.82 Å². The second-order valence-corrected chi connectivity index (χ2v) is 9.72. The van der Waals surface area contributed by atoms with Crippen molar-refractivity contribution in [3.05, 3.63) is 61.8 Å². The number of rotatable bonds is 8. The number of benzene rings is 2. The van der Waals surface area contributed by atoms with Crippen molar-refractivity contribution in [1.29, 1.82) is 0 Å². The lowest BCUT2D eigenvalue weighted by atomic mass is 9.90. The fourth-order valence-corrected chi connectivity index (χ4v) is 4.27. The zero-order valence-corrected chi connectivity index (χ0v) is 20.6. The van der Waals surface area contributed by atoms with Crippen LogP contribution < -0.4 is 5.73 Å². The molecule has 30 heavy (non-hydrogen) atoms. The van der Waals surface area contributed by atoms with Gasteiger partial charge in [-0.25, -0.2) is 9.78 Å². The summed E-state index contributed by atoms with van der Waals surface area (Å²) >= 11 is 13.1. The molecule has 0 aliphatic rings. The van der Waals surface area contributed by atoms with E-state index in [0.717, 1.165) is 33.0 Å². The predicted octanol–water partition coefficient (Wildman–Crippen LogP) is 4.65. The van der Waals surface area contributed by atoms with Crippen molar-refractivity contribution in [2.24, 2.45) is 5.73 Å².